The zero-order valence-corrected chi connectivity index (χ0v) is 23.7. The Morgan fingerprint density at radius 2 is 1.45 bits per heavy atom. The van der Waals surface area contributed by atoms with E-state index in [9.17, 15) is 29.1 Å². The Morgan fingerprint density at radius 3 is 2.09 bits per heavy atom. The van der Waals surface area contributed by atoms with Gasteiger partial charge in [0.1, 0.15) is 54.9 Å². The van der Waals surface area contributed by atoms with Gasteiger partial charge in [-0.3, -0.25) is 27.6 Å². The lowest BCUT2D eigenvalue weighted by Gasteiger charge is -2.24. The van der Waals surface area contributed by atoms with Crippen molar-refractivity contribution < 1.29 is 56.7 Å². The van der Waals surface area contributed by atoms with Crippen molar-refractivity contribution in [3.8, 4) is 0 Å². The van der Waals surface area contributed by atoms with Crippen LogP contribution in [0.2, 0.25) is 0 Å². The zero-order chi connectivity index (χ0) is 31.0. The Kier molecular flexibility index (Phi) is 6.82. The number of aliphatic hydroxyl groups is 2. The molecule has 8 atom stereocenters. The lowest BCUT2D eigenvalue weighted by molar-refractivity contribution is -0.0514. The topological polar surface area (TPSA) is 310 Å². The highest BCUT2D eigenvalue weighted by molar-refractivity contribution is 7.47. The fourth-order valence-corrected chi connectivity index (χ4v) is 6.71. The van der Waals surface area contributed by atoms with E-state index >= 15 is 0 Å². The third kappa shape index (κ3) is 4.86. The first-order valence-corrected chi connectivity index (χ1v) is 15.5. The second-order valence-electron chi connectivity index (χ2n) is 9.63. The van der Waals surface area contributed by atoms with Crippen molar-refractivity contribution in [2.45, 2.75) is 36.9 Å². The van der Waals surface area contributed by atoms with Crippen LogP contribution < -0.4 is 11.5 Å². The summed E-state index contributed by atoms with van der Waals surface area (Å²) >= 11 is 0. The van der Waals surface area contributed by atoms with Crippen LogP contribution in [-0.2, 0) is 36.7 Å². The first-order chi connectivity index (χ1) is 20.9. The van der Waals surface area contributed by atoms with E-state index in [1.165, 1.54) is 21.8 Å². The Morgan fingerprint density at radius 1 is 0.841 bits per heavy atom. The summed E-state index contributed by atoms with van der Waals surface area (Å²) in [5, 5.41) is 22.2. The normalized spacial score (nSPS) is 34.6. The quantitative estimate of drug-likeness (QED) is 0.139. The van der Waals surface area contributed by atoms with E-state index in [4.69, 9.17) is 39.0 Å². The van der Waals surface area contributed by atoms with Crippen LogP contribution in [0.5, 0.6) is 0 Å². The van der Waals surface area contributed by atoms with E-state index < -0.39 is 77.2 Å². The maximum absolute atomic E-state index is 13.0. The van der Waals surface area contributed by atoms with Crippen LogP contribution >= 0.6 is 15.6 Å². The molecule has 1 saturated heterocycles. The molecule has 24 heteroatoms. The van der Waals surface area contributed by atoms with Crippen molar-refractivity contribution in [1.82, 2.24) is 39.0 Å². The van der Waals surface area contributed by atoms with Crippen LogP contribution in [-0.4, -0.2) is 96.7 Å². The molecule has 0 bridgehead atoms. The molecule has 4 aromatic heterocycles. The van der Waals surface area contributed by atoms with E-state index in [1.807, 2.05) is 0 Å². The summed E-state index contributed by atoms with van der Waals surface area (Å²) in [6.45, 7) is -1.71. The summed E-state index contributed by atoms with van der Waals surface area (Å²) in [6.07, 6.45) is -4.55. The highest BCUT2D eigenvalue weighted by atomic mass is 31.2. The van der Waals surface area contributed by atoms with Gasteiger partial charge >= 0.3 is 15.6 Å². The fraction of sp³-hybridized carbons (Fsp3) is 0.400. The molecule has 0 amide bonds. The van der Waals surface area contributed by atoms with Crippen molar-refractivity contribution in [3.05, 3.63) is 36.8 Å². The molecule has 22 nitrogen and oxygen atoms in total. The largest absolute Gasteiger partial charge is 0.527 e. The number of phosphoric ester groups is 2. The molecule has 8 N–H and O–H groups in total. The molecule has 234 valence electrons. The van der Waals surface area contributed by atoms with Gasteiger partial charge in [0.05, 0.1) is 12.9 Å². The van der Waals surface area contributed by atoms with Gasteiger partial charge in [0.2, 0.25) is 6.23 Å². The van der Waals surface area contributed by atoms with Gasteiger partial charge in [0.25, 0.3) is 0 Å². The van der Waals surface area contributed by atoms with Gasteiger partial charge in [-0.2, -0.15) is 0 Å². The van der Waals surface area contributed by atoms with E-state index in [2.05, 4.69) is 29.9 Å². The van der Waals surface area contributed by atoms with Crippen LogP contribution in [0.1, 0.15) is 12.5 Å². The summed E-state index contributed by atoms with van der Waals surface area (Å²) in [7, 11) is -10.1. The molecule has 0 saturated carbocycles. The molecule has 7 rings (SSSR count). The minimum absolute atomic E-state index is 0.0371. The van der Waals surface area contributed by atoms with Gasteiger partial charge in [-0.1, -0.05) is 0 Å². The first kappa shape index (κ1) is 28.9. The van der Waals surface area contributed by atoms with E-state index in [1.54, 1.807) is 0 Å². The average Bonchev–Trinajstić information content (AvgIpc) is 3.73. The number of nitrogen functional groups attached to an aromatic ring is 2. The number of aliphatic hydroxyl groups excluding tert-OH is 2. The number of hydrogen-bond donors (Lipinski definition) is 6. The number of nitrogens with two attached hydrogens (primary N) is 2. The predicted octanol–water partition coefficient (Wildman–Crippen LogP) is -1.16. The lowest BCUT2D eigenvalue weighted by Crippen LogP contribution is -2.36. The second-order valence-corrected chi connectivity index (χ2v) is 12.4. The van der Waals surface area contributed by atoms with Gasteiger partial charge < -0.3 is 40.6 Å². The van der Waals surface area contributed by atoms with Crippen LogP contribution in [0.4, 0.5) is 11.6 Å². The standard InChI is InChI=1S/C20H22N10O12P2/c21-15-9-17(25-3-23-15)29(5-27-9)19-11(31)13-7(39-19)1-37-43(33,34)42-14-8(2-38-44(35,36)41-13)40-20(12(14)32)30-6-28-10-16(22)24-4-26-18(10)30/h3-7,11-13,19-20,31-32H,1-2H2,(H,33,34)(H,35,36)(H2,21,23,25)(H2,22,24,26)/t7-,11?,12?,13?,19+,20+/m0/s1. The second kappa shape index (κ2) is 10.4. The number of anilines is 2. The van der Waals surface area contributed by atoms with Crippen molar-refractivity contribution in [2.24, 2.45) is 0 Å². The maximum atomic E-state index is 13.0. The number of hydrogen-bond acceptors (Lipinski definition) is 18. The molecule has 44 heavy (non-hydrogen) atoms. The van der Waals surface area contributed by atoms with Crippen LogP contribution in [0, 0.1) is 0 Å². The molecule has 5 unspecified atom stereocenters. The monoisotopic (exact) mass is 656 g/mol. The molecule has 1 fully saturated rings. The summed E-state index contributed by atoms with van der Waals surface area (Å²) < 4.78 is 60.7. The Balaban J connectivity index is 1.17. The number of imidazole rings is 2. The predicted molar refractivity (Wildman–Crippen MR) is 140 cm³/mol. The zero-order valence-electron chi connectivity index (χ0n) is 21.9. The minimum atomic E-state index is -5.06. The lowest BCUT2D eigenvalue weighted by atomic mass is 10.1. The SMILES string of the molecule is Nc1ncnc2c1ncn2[C@@H]1OC2=C(OP(=O)(O)OC[C@@H]3O[C@@H](n4cnc5c(N)ncnc54)C(O)C3OP(=O)(O)OC2)C1O. The Hall–Kier alpha value is -3.82. The smallest absolute Gasteiger partial charge is 0.465 e. The summed E-state index contributed by atoms with van der Waals surface area (Å²) in [6, 6.07) is 0. The number of rotatable bonds is 2. The third-order valence-electron chi connectivity index (χ3n) is 6.94. The third-order valence-corrected chi connectivity index (χ3v) is 8.81. The molecule has 4 aromatic rings. The van der Waals surface area contributed by atoms with Crippen LogP contribution in [0.3, 0.4) is 0 Å². The molecule has 3 aliphatic heterocycles. The molecule has 0 aliphatic carbocycles. The molecule has 0 aromatic carbocycles. The van der Waals surface area contributed by atoms with E-state index in [-0.39, 0.29) is 34.0 Å². The highest BCUT2D eigenvalue weighted by Crippen LogP contribution is 2.54. The number of phosphoric acid groups is 2. The van der Waals surface area contributed by atoms with Gasteiger partial charge in [0.15, 0.2) is 46.8 Å². The number of aromatic nitrogens is 8. The van der Waals surface area contributed by atoms with Crippen molar-refractivity contribution in [3.63, 3.8) is 0 Å². The van der Waals surface area contributed by atoms with Gasteiger partial charge in [-0.25, -0.2) is 39.0 Å². The first-order valence-electron chi connectivity index (χ1n) is 12.5. The summed E-state index contributed by atoms with van der Waals surface area (Å²) in [5.74, 6) is -1.02. The Bertz CT molecular complexity index is 1820. The maximum Gasteiger partial charge on any atom is 0.527 e. The number of ether oxygens (including phenoxy) is 2. The molecular formula is C20H22N10O12P2. The molecule has 0 radical (unpaired) electrons. The van der Waals surface area contributed by atoms with Gasteiger partial charge in [-0.15, -0.1) is 0 Å². The van der Waals surface area contributed by atoms with Gasteiger partial charge in [-0.05, 0) is 0 Å². The summed E-state index contributed by atoms with van der Waals surface area (Å²) in [4.78, 5) is 45.1. The number of fused-ring (bicyclic) bond motifs is 3. The van der Waals surface area contributed by atoms with E-state index in [0.29, 0.717) is 0 Å². The molecular weight excluding hydrogens is 634 g/mol. The molecule has 0 spiro atoms. The molecule has 7 heterocycles. The van der Waals surface area contributed by atoms with Crippen LogP contribution in [0.15, 0.2) is 36.8 Å². The van der Waals surface area contributed by atoms with Crippen molar-refractivity contribution in [2.75, 3.05) is 24.7 Å². The van der Waals surface area contributed by atoms with Gasteiger partial charge in [0, 0.05) is 0 Å². The fourth-order valence-electron chi connectivity index (χ4n) is 4.95. The minimum Gasteiger partial charge on any atom is -0.465 e. The van der Waals surface area contributed by atoms with Crippen LogP contribution in [0.25, 0.3) is 22.3 Å². The Labute approximate surface area is 244 Å². The highest BCUT2D eigenvalue weighted by Gasteiger charge is 2.51. The van der Waals surface area contributed by atoms with E-state index in [0.717, 1.165) is 12.7 Å². The number of nitrogens with zero attached hydrogens (tertiary/aromatic N) is 8. The van der Waals surface area contributed by atoms with Crippen molar-refractivity contribution >= 4 is 49.6 Å². The van der Waals surface area contributed by atoms with Crippen molar-refractivity contribution in [1.29, 1.82) is 0 Å². The average molecular weight is 656 g/mol. The summed E-state index contributed by atoms with van der Waals surface area (Å²) in [5.41, 5.74) is 12.3. The molecule has 3 aliphatic rings.